The minimum absolute atomic E-state index is 0.0617. The molecule has 100 valence electrons. The van der Waals surface area contributed by atoms with Crippen molar-refractivity contribution in [1.82, 2.24) is 4.98 Å². The van der Waals surface area contributed by atoms with Gasteiger partial charge in [0.2, 0.25) is 17.5 Å². The molecule has 0 aliphatic carbocycles. The van der Waals surface area contributed by atoms with Crippen LogP contribution in [0.4, 0.5) is 10.3 Å². The predicted octanol–water partition coefficient (Wildman–Crippen LogP) is 2.89. The van der Waals surface area contributed by atoms with Crippen LogP contribution < -0.4 is 5.73 Å². The highest BCUT2D eigenvalue weighted by atomic mass is 35.5. The Morgan fingerprint density at radius 2 is 2.32 bits per heavy atom. The topological polar surface area (TPSA) is 78.3 Å². The molecule has 7 heteroatoms. The smallest absolute Gasteiger partial charge is 0.362 e. The number of carbonyl (C=O) groups is 1. The summed E-state index contributed by atoms with van der Waals surface area (Å²) in [6.07, 6.45) is 0. The SMILES string of the molecule is CCOC(=O)c1nc(-c2ccc(Cl)cc2F)oc1N. The molecule has 0 bridgehead atoms. The van der Waals surface area contributed by atoms with Gasteiger partial charge in [-0.1, -0.05) is 11.6 Å². The lowest BCUT2D eigenvalue weighted by atomic mass is 10.2. The van der Waals surface area contributed by atoms with Crippen molar-refractivity contribution in [2.45, 2.75) is 6.92 Å². The third-order valence-electron chi connectivity index (χ3n) is 2.28. The van der Waals surface area contributed by atoms with Crippen molar-refractivity contribution in [3.05, 3.63) is 34.7 Å². The maximum absolute atomic E-state index is 13.7. The summed E-state index contributed by atoms with van der Waals surface area (Å²) < 4.78 is 23.5. The van der Waals surface area contributed by atoms with Gasteiger partial charge in [0, 0.05) is 5.02 Å². The maximum atomic E-state index is 13.7. The van der Waals surface area contributed by atoms with Crippen LogP contribution in [0.5, 0.6) is 0 Å². The quantitative estimate of drug-likeness (QED) is 0.877. The van der Waals surface area contributed by atoms with Crippen LogP contribution in [0.2, 0.25) is 5.02 Å². The molecule has 0 radical (unpaired) electrons. The van der Waals surface area contributed by atoms with Crippen molar-refractivity contribution >= 4 is 23.5 Å². The molecule has 2 aromatic rings. The molecule has 1 aromatic carbocycles. The van der Waals surface area contributed by atoms with Gasteiger partial charge in [0.05, 0.1) is 12.2 Å². The minimum Gasteiger partial charge on any atom is -0.461 e. The second kappa shape index (κ2) is 5.27. The first-order valence-corrected chi connectivity index (χ1v) is 5.79. The van der Waals surface area contributed by atoms with Gasteiger partial charge in [0.1, 0.15) is 5.82 Å². The zero-order valence-corrected chi connectivity index (χ0v) is 10.7. The molecule has 0 fully saturated rings. The van der Waals surface area contributed by atoms with E-state index in [1.54, 1.807) is 6.92 Å². The molecule has 0 amide bonds. The van der Waals surface area contributed by atoms with Gasteiger partial charge in [-0.2, -0.15) is 4.98 Å². The number of nitrogen functional groups attached to an aromatic ring is 1. The summed E-state index contributed by atoms with van der Waals surface area (Å²) in [5.41, 5.74) is 5.40. The van der Waals surface area contributed by atoms with Crippen molar-refractivity contribution in [1.29, 1.82) is 0 Å². The van der Waals surface area contributed by atoms with E-state index in [4.69, 9.17) is 26.5 Å². The van der Waals surface area contributed by atoms with E-state index >= 15 is 0 Å². The van der Waals surface area contributed by atoms with Crippen molar-refractivity contribution < 1.29 is 18.3 Å². The predicted molar refractivity (Wildman–Crippen MR) is 67.3 cm³/mol. The number of esters is 1. The van der Waals surface area contributed by atoms with E-state index in [9.17, 15) is 9.18 Å². The van der Waals surface area contributed by atoms with Gasteiger partial charge >= 0.3 is 5.97 Å². The molecular weight excluding hydrogens is 275 g/mol. The lowest BCUT2D eigenvalue weighted by Crippen LogP contribution is -2.07. The van der Waals surface area contributed by atoms with Crippen LogP contribution in [0.1, 0.15) is 17.4 Å². The van der Waals surface area contributed by atoms with Crippen LogP contribution in [0.3, 0.4) is 0 Å². The Balaban J connectivity index is 2.42. The zero-order chi connectivity index (χ0) is 14.0. The number of rotatable bonds is 3. The highest BCUT2D eigenvalue weighted by Crippen LogP contribution is 2.28. The third-order valence-corrected chi connectivity index (χ3v) is 2.52. The normalized spacial score (nSPS) is 10.5. The Hall–Kier alpha value is -2.08. The van der Waals surface area contributed by atoms with Gasteiger partial charge in [-0.3, -0.25) is 0 Å². The number of halogens is 2. The lowest BCUT2D eigenvalue weighted by Gasteiger charge is -1.98. The Kier molecular flexibility index (Phi) is 3.71. The number of hydrogen-bond acceptors (Lipinski definition) is 5. The van der Waals surface area contributed by atoms with Crippen LogP contribution in [-0.4, -0.2) is 17.6 Å². The number of carbonyl (C=O) groups excluding carboxylic acids is 1. The summed E-state index contributed by atoms with van der Waals surface area (Å²) in [6, 6.07) is 3.98. The highest BCUT2D eigenvalue weighted by molar-refractivity contribution is 6.30. The number of ether oxygens (including phenoxy) is 1. The molecule has 0 unspecified atom stereocenters. The standard InChI is InChI=1S/C12H10ClFN2O3/c1-2-18-12(17)9-10(15)19-11(16-9)7-4-3-6(13)5-8(7)14/h3-5H,2,15H2,1H3. The summed E-state index contributed by atoms with van der Waals surface area (Å²) in [4.78, 5) is 15.3. The Morgan fingerprint density at radius 1 is 1.58 bits per heavy atom. The molecule has 1 heterocycles. The fraction of sp³-hybridized carbons (Fsp3) is 0.167. The second-order valence-electron chi connectivity index (χ2n) is 3.58. The average molecular weight is 285 g/mol. The van der Waals surface area contributed by atoms with E-state index < -0.39 is 11.8 Å². The molecule has 2 N–H and O–H groups in total. The maximum Gasteiger partial charge on any atom is 0.362 e. The van der Waals surface area contributed by atoms with E-state index in [1.165, 1.54) is 12.1 Å². The number of oxazole rings is 1. The molecule has 5 nitrogen and oxygen atoms in total. The van der Waals surface area contributed by atoms with Gasteiger partial charge in [-0.05, 0) is 25.1 Å². The van der Waals surface area contributed by atoms with E-state index in [-0.39, 0.29) is 34.7 Å². The summed E-state index contributed by atoms with van der Waals surface area (Å²) in [6.45, 7) is 1.82. The average Bonchev–Trinajstić information content (AvgIpc) is 2.71. The molecule has 19 heavy (non-hydrogen) atoms. The molecule has 0 aliphatic rings. The van der Waals surface area contributed by atoms with E-state index in [0.29, 0.717) is 0 Å². The van der Waals surface area contributed by atoms with Crippen LogP contribution in [0, 0.1) is 5.82 Å². The van der Waals surface area contributed by atoms with Crippen LogP contribution in [0.15, 0.2) is 22.6 Å². The number of hydrogen-bond donors (Lipinski definition) is 1. The lowest BCUT2D eigenvalue weighted by molar-refractivity contribution is 0.0521. The van der Waals surface area contributed by atoms with E-state index in [0.717, 1.165) is 6.07 Å². The fourth-order valence-electron chi connectivity index (χ4n) is 1.46. The van der Waals surface area contributed by atoms with E-state index in [2.05, 4.69) is 4.98 Å². The third kappa shape index (κ3) is 2.68. The highest BCUT2D eigenvalue weighted by Gasteiger charge is 2.21. The summed E-state index contributed by atoms with van der Waals surface area (Å²) in [5, 5.41) is 0.242. The van der Waals surface area contributed by atoms with Crippen molar-refractivity contribution in [3.63, 3.8) is 0 Å². The monoisotopic (exact) mass is 284 g/mol. The van der Waals surface area contributed by atoms with E-state index in [1.807, 2.05) is 0 Å². The molecule has 1 aromatic heterocycles. The minimum atomic E-state index is -0.718. The zero-order valence-electron chi connectivity index (χ0n) is 9.94. The first-order chi connectivity index (χ1) is 9.02. The number of benzene rings is 1. The molecular formula is C12H10ClFN2O3. The number of nitrogens with two attached hydrogens (primary N) is 1. The number of nitrogens with zero attached hydrogens (tertiary/aromatic N) is 1. The van der Waals surface area contributed by atoms with Crippen LogP contribution >= 0.6 is 11.6 Å². The van der Waals surface area contributed by atoms with Crippen molar-refractivity contribution in [2.24, 2.45) is 0 Å². The molecule has 0 atom stereocenters. The Morgan fingerprint density at radius 3 is 2.95 bits per heavy atom. The van der Waals surface area contributed by atoms with Gasteiger partial charge in [-0.25, -0.2) is 9.18 Å². The molecule has 0 saturated carbocycles. The molecule has 0 spiro atoms. The second-order valence-corrected chi connectivity index (χ2v) is 4.01. The van der Waals surface area contributed by atoms with Gasteiger partial charge < -0.3 is 14.9 Å². The number of anilines is 1. The van der Waals surface area contributed by atoms with Gasteiger partial charge in [0.25, 0.3) is 0 Å². The van der Waals surface area contributed by atoms with Crippen LogP contribution in [-0.2, 0) is 4.74 Å². The number of aromatic nitrogens is 1. The van der Waals surface area contributed by atoms with Gasteiger partial charge in [0.15, 0.2) is 0 Å². The van der Waals surface area contributed by atoms with Crippen molar-refractivity contribution in [2.75, 3.05) is 12.3 Å². The molecule has 0 aliphatic heterocycles. The summed E-state index contributed by atoms with van der Waals surface area (Å²) in [7, 11) is 0. The Labute approximate surface area is 113 Å². The van der Waals surface area contributed by atoms with Gasteiger partial charge in [-0.15, -0.1) is 0 Å². The largest absolute Gasteiger partial charge is 0.461 e. The first kappa shape index (κ1) is 13.4. The Bertz CT molecular complexity index is 627. The summed E-state index contributed by atoms with van der Waals surface area (Å²) >= 11 is 5.64. The molecule has 2 rings (SSSR count). The molecule has 0 saturated heterocycles. The van der Waals surface area contributed by atoms with Crippen LogP contribution in [0.25, 0.3) is 11.5 Å². The fourth-order valence-corrected chi connectivity index (χ4v) is 1.61. The van der Waals surface area contributed by atoms with Crippen molar-refractivity contribution in [3.8, 4) is 11.5 Å². The summed E-state index contributed by atoms with van der Waals surface area (Å²) in [5.74, 6) is -1.66. The first-order valence-electron chi connectivity index (χ1n) is 5.41.